The van der Waals surface area contributed by atoms with Gasteiger partial charge >= 0.3 is 0 Å². The third-order valence-corrected chi connectivity index (χ3v) is 4.57. The molecule has 5 heteroatoms. The van der Waals surface area contributed by atoms with Crippen molar-refractivity contribution >= 4 is 5.91 Å². The summed E-state index contributed by atoms with van der Waals surface area (Å²) >= 11 is 0. The predicted octanol–water partition coefficient (Wildman–Crippen LogP) is 2.69. The van der Waals surface area contributed by atoms with Crippen molar-refractivity contribution in [3.8, 4) is 0 Å². The van der Waals surface area contributed by atoms with Crippen LogP contribution in [0, 0.1) is 13.8 Å². The van der Waals surface area contributed by atoms with Gasteiger partial charge in [0.2, 0.25) is 5.91 Å². The van der Waals surface area contributed by atoms with Crippen LogP contribution in [0.3, 0.4) is 0 Å². The number of amides is 1. The smallest absolute Gasteiger partial charge is 0.224 e. The Morgan fingerprint density at radius 3 is 2.96 bits per heavy atom. The van der Waals surface area contributed by atoms with Crippen LogP contribution in [0.1, 0.15) is 42.1 Å². The molecule has 0 bridgehead atoms. The van der Waals surface area contributed by atoms with Gasteiger partial charge in [-0.2, -0.15) is 5.10 Å². The van der Waals surface area contributed by atoms with E-state index < -0.39 is 0 Å². The summed E-state index contributed by atoms with van der Waals surface area (Å²) in [6, 6.07) is 6.13. The average Bonchev–Trinajstić information content (AvgIpc) is 2.91. The van der Waals surface area contributed by atoms with E-state index in [0.29, 0.717) is 18.9 Å². The second kappa shape index (κ2) is 6.94. The van der Waals surface area contributed by atoms with E-state index in [1.165, 1.54) is 5.56 Å². The number of likely N-dealkylation sites (tertiary alicyclic amines) is 1. The van der Waals surface area contributed by atoms with Crippen LogP contribution in [0.5, 0.6) is 0 Å². The van der Waals surface area contributed by atoms with Crippen LogP contribution in [0.15, 0.2) is 30.6 Å². The molecule has 1 aliphatic heterocycles. The topological polar surface area (TPSA) is 51.0 Å². The molecule has 2 aromatic heterocycles. The normalized spacial score (nSPS) is 18.2. The summed E-state index contributed by atoms with van der Waals surface area (Å²) in [5.74, 6) is 0.640. The van der Waals surface area contributed by atoms with E-state index in [4.69, 9.17) is 0 Å². The lowest BCUT2D eigenvalue weighted by Crippen LogP contribution is -2.39. The first-order valence-electron chi connectivity index (χ1n) is 8.32. The lowest BCUT2D eigenvalue weighted by atomic mass is 9.91. The number of carbonyl (C=O) groups excluding carboxylic acids is 1. The first-order valence-corrected chi connectivity index (χ1v) is 8.32. The van der Waals surface area contributed by atoms with Crippen LogP contribution >= 0.6 is 0 Å². The fourth-order valence-corrected chi connectivity index (χ4v) is 3.35. The van der Waals surface area contributed by atoms with E-state index in [1.54, 1.807) is 6.20 Å². The molecule has 2 aromatic rings. The predicted molar refractivity (Wildman–Crippen MR) is 89.1 cm³/mol. The summed E-state index contributed by atoms with van der Waals surface area (Å²) in [5.41, 5.74) is 3.36. The van der Waals surface area contributed by atoms with Gasteiger partial charge in [-0.3, -0.25) is 14.5 Å². The van der Waals surface area contributed by atoms with E-state index in [9.17, 15) is 4.79 Å². The van der Waals surface area contributed by atoms with E-state index in [1.807, 2.05) is 41.8 Å². The highest BCUT2D eigenvalue weighted by molar-refractivity contribution is 5.76. The van der Waals surface area contributed by atoms with Crippen molar-refractivity contribution in [3.05, 3.63) is 47.5 Å². The molecule has 0 aliphatic carbocycles. The number of pyridine rings is 1. The molecule has 1 saturated heterocycles. The quantitative estimate of drug-likeness (QED) is 0.872. The molecule has 1 amide bonds. The molecule has 0 aromatic carbocycles. The number of hydrogen-bond donors (Lipinski definition) is 0. The van der Waals surface area contributed by atoms with Crippen molar-refractivity contribution in [2.75, 3.05) is 13.1 Å². The summed E-state index contributed by atoms with van der Waals surface area (Å²) in [4.78, 5) is 18.7. The number of hydrogen-bond acceptors (Lipinski definition) is 3. The Morgan fingerprint density at radius 2 is 2.26 bits per heavy atom. The number of nitrogens with zero attached hydrogens (tertiary/aromatic N) is 4. The maximum atomic E-state index is 12.5. The van der Waals surface area contributed by atoms with Gasteiger partial charge in [0.15, 0.2) is 0 Å². The molecule has 0 saturated carbocycles. The molecule has 0 N–H and O–H groups in total. The number of aromatic nitrogens is 3. The molecule has 5 nitrogen and oxygen atoms in total. The third kappa shape index (κ3) is 3.78. The lowest BCUT2D eigenvalue weighted by Gasteiger charge is -2.33. The molecule has 1 atom stereocenters. The van der Waals surface area contributed by atoms with Crippen LogP contribution in [-0.4, -0.2) is 38.7 Å². The maximum absolute atomic E-state index is 12.5. The molecule has 0 spiro atoms. The summed E-state index contributed by atoms with van der Waals surface area (Å²) in [6.45, 7) is 6.35. The Hall–Kier alpha value is -2.17. The average molecular weight is 312 g/mol. The zero-order valence-electron chi connectivity index (χ0n) is 13.9. The second-order valence-electron chi connectivity index (χ2n) is 6.37. The van der Waals surface area contributed by atoms with Crippen molar-refractivity contribution in [3.63, 3.8) is 0 Å². The largest absolute Gasteiger partial charge is 0.342 e. The second-order valence-corrected chi connectivity index (χ2v) is 6.37. The minimum Gasteiger partial charge on any atom is -0.342 e. The van der Waals surface area contributed by atoms with Crippen LogP contribution in [0.25, 0.3) is 0 Å². The summed E-state index contributed by atoms with van der Waals surface area (Å²) in [7, 11) is 0. The van der Waals surface area contributed by atoms with Gasteiger partial charge in [0.1, 0.15) is 0 Å². The summed E-state index contributed by atoms with van der Waals surface area (Å²) in [5, 5.41) is 4.43. The van der Waals surface area contributed by atoms with E-state index >= 15 is 0 Å². The molecule has 0 radical (unpaired) electrons. The van der Waals surface area contributed by atoms with Gasteiger partial charge in [-0.25, -0.2) is 0 Å². The van der Waals surface area contributed by atoms with Crippen LogP contribution in [0.4, 0.5) is 0 Å². The van der Waals surface area contributed by atoms with Gasteiger partial charge in [-0.1, -0.05) is 6.07 Å². The highest BCUT2D eigenvalue weighted by Crippen LogP contribution is 2.26. The van der Waals surface area contributed by atoms with Crippen LogP contribution in [0.2, 0.25) is 0 Å². The first kappa shape index (κ1) is 15.7. The van der Waals surface area contributed by atoms with Gasteiger partial charge in [-0.15, -0.1) is 0 Å². The number of carbonyl (C=O) groups is 1. The van der Waals surface area contributed by atoms with Gasteiger partial charge in [0.05, 0.1) is 5.69 Å². The van der Waals surface area contributed by atoms with Gasteiger partial charge in [0.25, 0.3) is 0 Å². The molecular formula is C18H24N4O. The first-order chi connectivity index (χ1) is 11.1. The van der Waals surface area contributed by atoms with Gasteiger partial charge in [-0.05, 0) is 44.4 Å². The Morgan fingerprint density at radius 1 is 1.39 bits per heavy atom. The van der Waals surface area contributed by atoms with Crippen molar-refractivity contribution < 1.29 is 4.79 Å². The fourth-order valence-electron chi connectivity index (χ4n) is 3.35. The molecule has 122 valence electrons. The summed E-state index contributed by atoms with van der Waals surface area (Å²) in [6.07, 6.45) is 6.43. The number of aryl methyl sites for hydroxylation is 3. The Bertz CT molecular complexity index is 665. The molecule has 1 fully saturated rings. The Labute approximate surface area is 137 Å². The van der Waals surface area contributed by atoms with Gasteiger partial charge in [0, 0.05) is 50.1 Å². The Kier molecular flexibility index (Phi) is 4.74. The highest BCUT2D eigenvalue weighted by atomic mass is 16.2. The van der Waals surface area contributed by atoms with Crippen LogP contribution < -0.4 is 0 Å². The molecule has 23 heavy (non-hydrogen) atoms. The maximum Gasteiger partial charge on any atom is 0.224 e. The molecular weight excluding hydrogens is 288 g/mol. The molecule has 1 aliphatic rings. The van der Waals surface area contributed by atoms with Crippen molar-refractivity contribution in [2.24, 2.45) is 0 Å². The van der Waals surface area contributed by atoms with Crippen LogP contribution in [-0.2, 0) is 11.3 Å². The molecule has 1 unspecified atom stereocenters. The number of rotatable bonds is 4. The van der Waals surface area contributed by atoms with Gasteiger partial charge < -0.3 is 4.90 Å². The Balaban J connectivity index is 1.58. The minimum atomic E-state index is 0.228. The molecule has 3 heterocycles. The SMILES string of the molecule is Cc1cc(C)n(CCC(=O)N2CCCC(c3cccnc3)C2)n1. The lowest BCUT2D eigenvalue weighted by molar-refractivity contribution is -0.132. The van der Waals surface area contributed by atoms with E-state index in [0.717, 1.165) is 37.3 Å². The highest BCUT2D eigenvalue weighted by Gasteiger charge is 2.24. The summed E-state index contributed by atoms with van der Waals surface area (Å²) < 4.78 is 1.93. The third-order valence-electron chi connectivity index (χ3n) is 4.57. The van der Waals surface area contributed by atoms with E-state index in [2.05, 4.69) is 16.1 Å². The number of piperidine rings is 1. The minimum absolute atomic E-state index is 0.228. The van der Waals surface area contributed by atoms with Crippen molar-refractivity contribution in [2.45, 2.75) is 45.6 Å². The fraction of sp³-hybridized carbons (Fsp3) is 0.500. The monoisotopic (exact) mass is 312 g/mol. The standard InChI is InChI=1S/C18H24N4O/c1-14-11-15(2)22(20-14)10-7-18(23)21-9-4-6-17(13-21)16-5-3-8-19-12-16/h3,5,8,11-12,17H,4,6-7,9-10,13H2,1-2H3. The molecule has 3 rings (SSSR count). The van der Waals surface area contributed by atoms with Crippen molar-refractivity contribution in [1.82, 2.24) is 19.7 Å². The van der Waals surface area contributed by atoms with Crippen molar-refractivity contribution in [1.29, 1.82) is 0 Å². The zero-order chi connectivity index (χ0) is 16.2. The zero-order valence-corrected chi connectivity index (χ0v) is 13.9. The van der Waals surface area contributed by atoms with E-state index in [-0.39, 0.29) is 5.91 Å².